The lowest BCUT2D eigenvalue weighted by Crippen LogP contribution is -2.03. The first-order chi connectivity index (χ1) is 6.79. The summed E-state index contributed by atoms with van der Waals surface area (Å²) in [6.45, 7) is 0.586. The highest BCUT2D eigenvalue weighted by atomic mass is 79.9. The summed E-state index contributed by atoms with van der Waals surface area (Å²) in [5.41, 5.74) is 5.42. The average Bonchev–Trinajstić information content (AvgIpc) is 2.74. The van der Waals surface area contributed by atoms with Gasteiger partial charge >= 0.3 is 0 Å². The number of hydrogen-bond acceptors (Lipinski definition) is 4. The van der Waals surface area contributed by atoms with E-state index < -0.39 is 0 Å². The number of H-pyrrole nitrogens is 1. The summed E-state index contributed by atoms with van der Waals surface area (Å²) in [5.74, 6) is 1.58. The van der Waals surface area contributed by atoms with Crippen molar-refractivity contribution in [3.05, 3.63) is 21.7 Å². The number of rotatable bonds is 3. The minimum absolute atomic E-state index is 0.586. The molecule has 0 saturated heterocycles. The fourth-order valence-electron chi connectivity index (χ4n) is 1.09. The molecule has 74 valence electrons. The van der Waals surface area contributed by atoms with Gasteiger partial charge in [0.25, 0.3) is 0 Å². The van der Waals surface area contributed by atoms with Crippen LogP contribution in [0, 0.1) is 0 Å². The molecular weight excluding hydrogens is 264 g/mol. The van der Waals surface area contributed by atoms with Crippen LogP contribution < -0.4 is 5.73 Å². The van der Waals surface area contributed by atoms with E-state index in [4.69, 9.17) is 5.73 Å². The maximum absolute atomic E-state index is 5.42. The van der Waals surface area contributed by atoms with E-state index in [1.165, 1.54) is 0 Å². The molecule has 0 bridgehead atoms. The molecule has 0 fully saturated rings. The van der Waals surface area contributed by atoms with E-state index in [9.17, 15) is 0 Å². The predicted molar refractivity (Wildman–Crippen MR) is 60.2 cm³/mol. The maximum Gasteiger partial charge on any atom is 0.191 e. The standard InChI is InChI=1S/C8H9BrN4S/c9-6-2-1-5(14-6)8-11-7(3-4-10)12-13-8/h1-2H,3-4,10H2,(H,11,12,13). The van der Waals surface area contributed by atoms with Crippen LogP contribution in [0.4, 0.5) is 0 Å². The first kappa shape index (κ1) is 9.82. The van der Waals surface area contributed by atoms with Crippen LogP contribution in [0.1, 0.15) is 5.82 Å². The molecule has 0 aliphatic rings. The van der Waals surface area contributed by atoms with Crippen molar-refractivity contribution in [2.75, 3.05) is 6.54 Å². The summed E-state index contributed by atoms with van der Waals surface area (Å²) >= 11 is 5.01. The smallest absolute Gasteiger partial charge is 0.191 e. The van der Waals surface area contributed by atoms with Crippen molar-refractivity contribution < 1.29 is 0 Å². The average molecular weight is 273 g/mol. The van der Waals surface area contributed by atoms with Crippen molar-refractivity contribution >= 4 is 27.3 Å². The molecule has 0 saturated carbocycles. The van der Waals surface area contributed by atoms with Gasteiger partial charge in [-0.15, -0.1) is 11.3 Å². The zero-order valence-electron chi connectivity index (χ0n) is 7.33. The first-order valence-electron chi connectivity index (χ1n) is 4.16. The van der Waals surface area contributed by atoms with Gasteiger partial charge in [-0.05, 0) is 34.6 Å². The Morgan fingerprint density at radius 1 is 1.50 bits per heavy atom. The summed E-state index contributed by atoms with van der Waals surface area (Å²) in [5, 5.41) is 6.98. The van der Waals surface area contributed by atoms with E-state index in [1.54, 1.807) is 11.3 Å². The lowest BCUT2D eigenvalue weighted by atomic mass is 10.4. The third-order valence-corrected chi connectivity index (χ3v) is 3.33. The molecule has 14 heavy (non-hydrogen) atoms. The van der Waals surface area contributed by atoms with Crippen molar-refractivity contribution in [1.82, 2.24) is 15.2 Å². The van der Waals surface area contributed by atoms with Crippen LogP contribution >= 0.6 is 27.3 Å². The van der Waals surface area contributed by atoms with Gasteiger partial charge in [-0.1, -0.05) is 0 Å². The number of halogens is 1. The normalized spacial score (nSPS) is 10.7. The van der Waals surface area contributed by atoms with Crippen LogP contribution in [0.15, 0.2) is 15.9 Å². The number of hydrogen-bond donors (Lipinski definition) is 2. The van der Waals surface area contributed by atoms with E-state index in [-0.39, 0.29) is 0 Å². The highest BCUT2D eigenvalue weighted by Gasteiger charge is 2.07. The lowest BCUT2D eigenvalue weighted by molar-refractivity contribution is 0.874. The van der Waals surface area contributed by atoms with Crippen molar-refractivity contribution in [2.45, 2.75) is 6.42 Å². The Labute approximate surface area is 93.7 Å². The van der Waals surface area contributed by atoms with Gasteiger partial charge in [-0.2, -0.15) is 5.10 Å². The van der Waals surface area contributed by atoms with E-state index in [0.717, 1.165) is 26.7 Å². The van der Waals surface area contributed by atoms with Crippen LogP contribution in [-0.2, 0) is 6.42 Å². The van der Waals surface area contributed by atoms with Gasteiger partial charge in [0, 0.05) is 6.42 Å². The molecule has 6 heteroatoms. The SMILES string of the molecule is NCCc1nc(-c2ccc(Br)s2)n[nH]1. The third-order valence-electron chi connectivity index (χ3n) is 1.71. The van der Waals surface area contributed by atoms with Crippen LogP contribution in [0.2, 0.25) is 0 Å². The van der Waals surface area contributed by atoms with Gasteiger partial charge in [-0.25, -0.2) is 4.98 Å². The largest absolute Gasteiger partial charge is 0.330 e. The van der Waals surface area contributed by atoms with Crippen molar-refractivity contribution in [3.8, 4) is 10.7 Å². The first-order valence-corrected chi connectivity index (χ1v) is 5.77. The Morgan fingerprint density at radius 2 is 2.36 bits per heavy atom. The van der Waals surface area contributed by atoms with Gasteiger partial charge in [0.2, 0.25) is 0 Å². The predicted octanol–water partition coefficient (Wildman–Crippen LogP) is 1.80. The highest BCUT2D eigenvalue weighted by molar-refractivity contribution is 9.11. The number of aromatic nitrogens is 3. The van der Waals surface area contributed by atoms with Gasteiger partial charge in [-0.3, -0.25) is 5.10 Å². The molecular formula is C8H9BrN4S. The molecule has 2 rings (SSSR count). The quantitative estimate of drug-likeness (QED) is 0.896. The molecule has 4 nitrogen and oxygen atoms in total. The fourth-order valence-corrected chi connectivity index (χ4v) is 2.41. The van der Waals surface area contributed by atoms with Crippen LogP contribution in [-0.4, -0.2) is 21.7 Å². The molecule has 0 spiro atoms. The van der Waals surface area contributed by atoms with Gasteiger partial charge < -0.3 is 5.73 Å². The molecule has 0 aliphatic carbocycles. The summed E-state index contributed by atoms with van der Waals surface area (Å²) in [6, 6.07) is 3.98. The zero-order chi connectivity index (χ0) is 9.97. The van der Waals surface area contributed by atoms with Crippen molar-refractivity contribution in [2.24, 2.45) is 5.73 Å². The second kappa shape index (κ2) is 4.20. The third kappa shape index (κ3) is 2.02. The molecule has 0 aromatic carbocycles. The van der Waals surface area contributed by atoms with Gasteiger partial charge in [0.15, 0.2) is 5.82 Å². The van der Waals surface area contributed by atoms with Crippen molar-refractivity contribution in [3.63, 3.8) is 0 Å². The summed E-state index contributed by atoms with van der Waals surface area (Å²) in [7, 11) is 0. The number of nitrogens with zero attached hydrogens (tertiary/aromatic N) is 2. The second-order valence-corrected chi connectivity index (χ2v) is 5.21. The van der Waals surface area contributed by atoms with E-state index in [2.05, 4.69) is 31.1 Å². The maximum atomic E-state index is 5.42. The molecule has 2 aromatic rings. The lowest BCUT2D eigenvalue weighted by Gasteiger charge is -1.87. The molecule has 3 N–H and O–H groups in total. The van der Waals surface area contributed by atoms with Crippen molar-refractivity contribution in [1.29, 1.82) is 0 Å². The topological polar surface area (TPSA) is 67.6 Å². The van der Waals surface area contributed by atoms with Crippen LogP contribution in [0.3, 0.4) is 0 Å². The molecule has 0 radical (unpaired) electrons. The van der Waals surface area contributed by atoms with Crippen LogP contribution in [0.25, 0.3) is 10.7 Å². The van der Waals surface area contributed by atoms with Crippen LogP contribution in [0.5, 0.6) is 0 Å². The molecule has 2 aromatic heterocycles. The fraction of sp³-hybridized carbons (Fsp3) is 0.250. The Morgan fingerprint density at radius 3 is 3.00 bits per heavy atom. The molecule has 0 aliphatic heterocycles. The molecule has 0 atom stereocenters. The summed E-state index contributed by atoms with van der Waals surface area (Å²) in [6.07, 6.45) is 0.736. The zero-order valence-corrected chi connectivity index (χ0v) is 9.73. The summed E-state index contributed by atoms with van der Waals surface area (Å²) < 4.78 is 1.08. The molecule has 0 amide bonds. The Kier molecular flexibility index (Phi) is 2.95. The Bertz CT molecular complexity index is 422. The van der Waals surface area contributed by atoms with E-state index in [0.29, 0.717) is 6.54 Å². The minimum atomic E-state index is 0.586. The highest BCUT2D eigenvalue weighted by Crippen LogP contribution is 2.28. The number of nitrogens with two attached hydrogens (primary N) is 1. The van der Waals surface area contributed by atoms with Gasteiger partial charge in [0.05, 0.1) is 8.66 Å². The second-order valence-electron chi connectivity index (χ2n) is 2.75. The molecule has 0 unspecified atom stereocenters. The Balaban J connectivity index is 2.24. The van der Waals surface area contributed by atoms with Gasteiger partial charge in [0.1, 0.15) is 5.82 Å². The van der Waals surface area contributed by atoms with E-state index in [1.807, 2.05) is 12.1 Å². The number of aromatic amines is 1. The minimum Gasteiger partial charge on any atom is -0.330 e. The number of thiophene rings is 1. The Hall–Kier alpha value is -0.720. The number of nitrogens with one attached hydrogen (secondary N) is 1. The molecule has 2 heterocycles. The monoisotopic (exact) mass is 272 g/mol. The van der Waals surface area contributed by atoms with E-state index >= 15 is 0 Å². The summed E-state index contributed by atoms with van der Waals surface area (Å²) in [4.78, 5) is 5.38.